The van der Waals surface area contributed by atoms with Crippen LogP contribution in [0.25, 0.3) is 0 Å². The van der Waals surface area contributed by atoms with Crippen LogP contribution in [0, 0.1) is 6.92 Å². The average molecular weight is 445 g/mol. The van der Waals surface area contributed by atoms with Crippen LogP contribution in [0.2, 0.25) is 0 Å². The zero-order chi connectivity index (χ0) is 20.3. The number of piperidine rings is 1. The van der Waals surface area contributed by atoms with E-state index < -0.39 is 0 Å². The number of carbonyl (C=O) groups excluding carboxylic acids is 1. The van der Waals surface area contributed by atoms with E-state index in [0.29, 0.717) is 24.1 Å². The van der Waals surface area contributed by atoms with E-state index in [9.17, 15) is 4.79 Å². The van der Waals surface area contributed by atoms with Gasteiger partial charge in [-0.05, 0) is 78.7 Å². The van der Waals surface area contributed by atoms with Crippen LogP contribution in [0.15, 0.2) is 28.7 Å². The van der Waals surface area contributed by atoms with E-state index >= 15 is 0 Å². The normalized spacial score (nSPS) is 14.4. The molecule has 0 unspecified atom stereocenters. The van der Waals surface area contributed by atoms with Crippen LogP contribution in [-0.4, -0.2) is 40.4 Å². The van der Waals surface area contributed by atoms with E-state index in [4.69, 9.17) is 0 Å². The highest BCUT2D eigenvalue weighted by atomic mass is 79.9. The van der Waals surface area contributed by atoms with Crippen molar-refractivity contribution in [3.63, 3.8) is 0 Å². The zero-order valence-electron chi connectivity index (χ0n) is 17.2. The van der Waals surface area contributed by atoms with Gasteiger partial charge in [0, 0.05) is 29.8 Å². The predicted octanol–water partition coefficient (Wildman–Crippen LogP) is 5.46. The summed E-state index contributed by atoms with van der Waals surface area (Å²) in [6, 6.07) is 8.19. The van der Waals surface area contributed by atoms with Crippen molar-refractivity contribution < 1.29 is 4.79 Å². The van der Waals surface area contributed by atoms with Gasteiger partial charge in [0.1, 0.15) is 5.69 Å². The minimum absolute atomic E-state index is 0.0109. The molecule has 2 heterocycles. The fourth-order valence-corrected chi connectivity index (χ4v) is 4.17. The molecule has 0 aliphatic carbocycles. The summed E-state index contributed by atoms with van der Waals surface area (Å²) < 4.78 is 1.01. The Balaban J connectivity index is 1.95. The first kappa shape index (κ1) is 20.8. The van der Waals surface area contributed by atoms with Gasteiger partial charge in [-0.1, -0.05) is 19.9 Å². The molecule has 0 atom stereocenters. The highest BCUT2D eigenvalue weighted by Gasteiger charge is 2.22. The Bertz CT molecular complexity index is 846. The Kier molecular flexibility index (Phi) is 6.70. The second kappa shape index (κ2) is 9.03. The molecule has 3 rings (SSSR count). The number of likely N-dealkylation sites (tertiary alicyclic amines) is 1. The average Bonchev–Trinajstić information content (AvgIpc) is 2.69. The Labute approximate surface area is 176 Å². The highest BCUT2D eigenvalue weighted by molar-refractivity contribution is 9.10. The van der Waals surface area contributed by atoms with E-state index in [1.807, 2.05) is 16.7 Å². The largest absolute Gasteiger partial charge is 0.337 e. The molecule has 1 aliphatic rings. The molecule has 1 aromatic heterocycles. The van der Waals surface area contributed by atoms with Gasteiger partial charge in [-0.25, -0.2) is 9.97 Å². The highest BCUT2D eigenvalue weighted by Crippen LogP contribution is 2.33. The summed E-state index contributed by atoms with van der Waals surface area (Å²) in [4.78, 5) is 26.2. The van der Waals surface area contributed by atoms with Crippen LogP contribution >= 0.6 is 15.9 Å². The van der Waals surface area contributed by atoms with Gasteiger partial charge in [-0.15, -0.1) is 0 Å². The summed E-state index contributed by atoms with van der Waals surface area (Å²) in [5, 5.41) is 0. The van der Waals surface area contributed by atoms with E-state index in [-0.39, 0.29) is 5.91 Å². The molecule has 0 spiro atoms. The van der Waals surface area contributed by atoms with Crippen LogP contribution in [0.4, 0.5) is 11.6 Å². The summed E-state index contributed by atoms with van der Waals surface area (Å²) in [5.41, 5.74) is 3.57. The number of nitrogens with zero attached hydrogens (tertiary/aromatic N) is 4. The van der Waals surface area contributed by atoms with Gasteiger partial charge >= 0.3 is 0 Å². The fourth-order valence-electron chi connectivity index (χ4n) is 3.56. The van der Waals surface area contributed by atoms with Gasteiger partial charge in [-0.2, -0.15) is 0 Å². The summed E-state index contributed by atoms with van der Waals surface area (Å²) in [6.07, 6.45) is 3.33. The maximum Gasteiger partial charge on any atom is 0.272 e. The van der Waals surface area contributed by atoms with E-state index in [1.165, 1.54) is 12.0 Å². The van der Waals surface area contributed by atoms with E-state index in [1.54, 1.807) is 6.07 Å². The molecule has 1 amide bonds. The van der Waals surface area contributed by atoms with Crippen LogP contribution in [0.3, 0.4) is 0 Å². The van der Waals surface area contributed by atoms with Crippen molar-refractivity contribution in [3.05, 3.63) is 45.7 Å². The number of amides is 1. The number of hydrogen-bond acceptors (Lipinski definition) is 4. The Hall–Kier alpha value is -1.95. The van der Waals surface area contributed by atoms with Crippen molar-refractivity contribution in [1.29, 1.82) is 0 Å². The third-order valence-corrected chi connectivity index (χ3v) is 5.83. The minimum atomic E-state index is 0.0109. The quantitative estimate of drug-likeness (QED) is 0.614. The standard InChI is InChI=1S/C22H29BrN4O/c1-5-27(20-10-9-17(15(2)3)14-18(20)23)22-24-16(4)13-19(25-22)21(28)26-11-7-6-8-12-26/h9-10,13-15H,5-8,11-12H2,1-4H3. The number of aromatic nitrogens is 2. The van der Waals surface area contributed by atoms with Gasteiger partial charge in [-0.3, -0.25) is 4.79 Å². The van der Waals surface area contributed by atoms with Gasteiger partial charge < -0.3 is 9.80 Å². The Morgan fingerprint density at radius 3 is 2.50 bits per heavy atom. The monoisotopic (exact) mass is 444 g/mol. The molecule has 1 fully saturated rings. The lowest BCUT2D eigenvalue weighted by atomic mass is 10.0. The molecule has 6 heteroatoms. The van der Waals surface area contributed by atoms with Crippen LogP contribution in [0.5, 0.6) is 0 Å². The third kappa shape index (κ3) is 4.54. The third-order valence-electron chi connectivity index (χ3n) is 5.19. The van der Waals surface area contributed by atoms with Gasteiger partial charge in [0.05, 0.1) is 5.69 Å². The van der Waals surface area contributed by atoms with Crippen molar-refractivity contribution in [2.75, 3.05) is 24.5 Å². The molecule has 1 aliphatic heterocycles. The molecule has 0 bridgehead atoms. The lowest BCUT2D eigenvalue weighted by Gasteiger charge is -2.27. The summed E-state index contributed by atoms with van der Waals surface area (Å²) in [7, 11) is 0. The summed E-state index contributed by atoms with van der Waals surface area (Å²) >= 11 is 3.71. The first-order valence-corrected chi connectivity index (χ1v) is 10.9. The van der Waals surface area contributed by atoms with Crippen LogP contribution < -0.4 is 4.90 Å². The SMILES string of the molecule is CCN(c1nc(C)cc(C(=O)N2CCCCC2)n1)c1ccc(C(C)C)cc1Br. The van der Waals surface area contributed by atoms with Crippen molar-refractivity contribution in [2.45, 2.75) is 52.9 Å². The molecular weight excluding hydrogens is 416 g/mol. The number of aryl methyl sites for hydroxylation is 1. The van der Waals surface area contributed by atoms with Crippen molar-refractivity contribution in [3.8, 4) is 0 Å². The Morgan fingerprint density at radius 2 is 1.89 bits per heavy atom. The number of halogens is 1. The maximum atomic E-state index is 12.9. The van der Waals surface area contributed by atoms with E-state index in [0.717, 1.165) is 41.8 Å². The molecule has 150 valence electrons. The van der Waals surface area contributed by atoms with E-state index in [2.05, 4.69) is 64.9 Å². The summed E-state index contributed by atoms with van der Waals surface area (Å²) in [5.74, 6) is 1.04. The second-order valence-electron chi connectivity index (χ2n) is 7.66. The zero-order valence-corrected chi connectivity index (χ0v) is 18.8. The number of benzene rings is 1. The molecule has 2 aromatic rings. The number of anilines is 2. The lowest BCUT2D eigenvalue weighted by molar-refractivity contribution is 0.0718. The van der Waals surface area contributed by atoms with Crippen molar-refractivity contribution >= 4 is 33.5 Å². The molecule has 0 radical (unpaired) electrons. The molecule has 0 N–H and O–H groups in total. The van der Waals surface area contributed by atoms with Crippen LogP contribution in [0.1, 0.15) is 67.7 Å². The molecule has 5 nitrogen and oxygen atoms in total. The molecule has 0 saturated carbocycles. The molecular formula is C22H29BrN4O. The van der Waals surface area contributed by atoms with Gasteiger partial charge in [0.25, 0.3) is 5.91 Å². The molecule has 28 heavy (non-hydrogen) atoms. The molecule has 1 aromatic carbocycles. The van der Waals surface area contributed by atoms with Crippen LogP contribution in [-0.2, 0) is 0 Å². The van der Waals surface area contributed by atoms with Gasteiger partial charge in [0.15, 0.2) is 0 Å². The molecule has 1 saturated heterocycles. The predicted molar refractivity (Wildman–Crippen MR) is 117 cm³/mol. The summed E-state index contributed by atoms with van der Waals surface area (Å²) in [6.45, 7) is 10.7. The second-order valence-corrected chi connectivity index (χ2v) is 8.51. The number of hydrogen-bond donors (Lipinski definition) is 0. The topological polar surface area (TPSA) is 49.3 Å². The minimum Gasteiger partial charge on any atom is -0.337 e. The van der Waals surface area contributed by atoms with Crippen molar-refractivity contribution in [2.24, 2.45) is 0 Å². The van der Waals surface area contributed by atoms with Crippen molar-refractivity contribution in [1.82, 2.24) is 14.9 Å². The Morgan fingerprint density at radius 1 is 1.18 bits per heavy atom. The first-order valence-electron chi connectivity index (χ1n) is 10.1. The lowest BCUT2D eigenvalue weighted by Crippen LogP contribution is -2.36. The fraction of sp³-hybridized carbons (Fsp3) is 0.500. The smallest absolute Gasteiger partial charge is 0.272 e. The number of carbonyl (C=O) groups is 1. The number of rotatable bonds is 5. The first-order chi connectivity index (χ1) is 13.4. The maximum absolute atomic E-state index is 12.9. The van der Waals surface area contributed by atoms with Gasteiger partial charge in [0.2, 0.25) is 5.95 Å².